The number of hydrogen-bond acceptors (Lipinski definition) is 3. The van der Waals surface area contributed by atoms with E-state index in [-0.39, 0.29) is 30.1 Å². The van der Waals surface area contributed by atoms with Crippen molar-refractivity contribution in [2.75, 3.05) is 6.54 Å². The van der Waals surface area contributed by atoms with Crippen molar-refractivity contribution in [1.29, 1.82) is 0 Å². The Labute approximate surface area is 147 Å². The number of aromatic nitrogens is 2. The van der Waals surface area contributed by atoms with Gasteiger partial charge in [0, 0.05) is 18.2 Å². The first kappa shape index (κ1) is 17.7. The monoisotopic (exact) mass is 345 g/mol. The fraction of sp³-hybridized carbons (Fsp3) is 0.579. The van der Waals surface area contributed by atoms with Crippen LogP contribution in [0.15, 0.2) is 23.0 Å². The first-order valence-corrected chi connectivity index (χ1v) is 9.21. The van der Waals surface area contributed by atoms with Crippen LogP contribution in [0.5, 0.6) is 0 Å². The number of amides is 1. The van der Waals surface area contributed by atoms with Gasteiger partial charge in [-0.2, -0.15) is 0 Å². The number of aromatic amines is 1. The van der Waals surface area contributed by atoms with Crippen LogP contribution in [0, 0.1) is 5.92 Å². The summed E-state index contributed by atoms with van der Waals surface area (Å²) >= 11 is 0. The van der Waals surface area contributed by atoms with E-state index < -0.39 is 6.10 Å². The number of aliphatic hydroxyl groups excluding tert-OH is 1. The minimum Gasteiger partial charge on any atom is -0.391 e. The van der Waals surface area contributed by atoms with Crippen molar-refractivity contribution in [2.24, 2.45) is 5.92 Å². The number of aliphatic hydroxyl groups is 1. The zero-order chi connectivity index (χ0) is 18.0. The highest BCUT2D eigenvalue weighted by molar-refractivity contribution is 5.97. The molecule has 0 aliphatic heterocycles. The third kappa shape index (κ3) is 3.63. The summed E-state index contributed by atoms with van der Waals surface area (Å²) in [5, 5.41) is 12.7. The number of H-pyrrole nitrogens is 1. The van der Waals surface area contributed by atoms with Gasteiger partial charge in [0.2, 0.25) is 0 Å². The van der Waals surface area contributed by atoms with Gasteiger partial charge in [-0.1, -0.05) is 33.1 Å². The average molecular weight is 345 g/mol. The summed E-state index contributed by atoms with van der Waals surface area (Å²) in [4.78, 5) is 27.5. The number of rotatable bonds is 6. The maximum Gasteiger partial charge on any atom is 0.326 e. The molecule has 1 aromatic carbocycles. The smallest absolute Gasteiger partial charge is 0.326 e. The van der Waals surface area contributed by atoms with Crippen molar-refractivity contribution >= 4 is 16.9 Å². The van der Waals surface area contributed by atoms with Crippen molar-refractivity contribution in [3.05, 3.63) is 34.2 Å². The van der Waals surface area contributed by atoms with Gasteiger partial charge in [0.05, 0.1) is 17.1 Å². The van der Waals surface area contributed by atoms with E-state index in [0.29, 0.717) is 11.1 Å². The molecular weight excluding hydrogens is 318 g/mol. The number of nitrogens with zero attached hydrogens (tertiary/aromatic N) is 1. The molecule has 2 aromatic rings. The number of carbonyl (C=O) groups excluding carboxylic acids is 1. The lowest BCUT2D eigenvalue weighted by Crippen LogP contribution is -2.35. The second-order valence-electron chi connectivity index (χ2n) is 7.13. The van der Waals surface area contributed by atoms with Crippen molar-refractivity contribution < 1.29 is 9.90 Å². The minimum atomic E-state index is -0.555. The Morgan fingerprint density at radius 3 is 2.80 bits per heavy atom. The van der Waals surface area contributed by atoms with Gasteiger partial charge < -0.3 is 15.4 Å². The van der Waals surface area contributed by atoms with Gasteiger partial charge in [-0.25, -0.2) is 4.79 Å². The Hall–Kier alpha value is -2.08. The maximum atomic E-state index is 12.3. The van der Waals surface area contributed by atoms with Crippen LogP contribution in [-0.2, 0) is 0 Å². The standard InChI is InChI=1S/C19H27N3O3/c1-3-12(2)17(23)11-20-18(24)13-8-9-16-15(10-13)21-19(25)22(16)14-6-4-5-7-14/h8-10,12,14,17,23H,3-7,11H2,1-2H3,(H,20,24)(H,21,25). The summed E-state index contributed by atoms with van der Waals surface area (Å²) in [6.07, 6.45) is 4.68. The fourth-order valence-corrected chi connectivity index (χ4v) is 3.57. The van der Waals surface area contributed by atoms with Crippen LogP contribution in [0.3, 0.4) is 0 Å². The second-order valence-corrected chi connectivity index (χ2v) is 7.13. The van der Waals surface area contributed by atoms with Gasteiger partial charge in [0.15, 0.2) is 0 Å². The van der Waals surface area contributed by atoms with Crippen molar-refractivity contribution in [2.45, 2.75) is 58.1 Å². The van der Waals surface area contributed by atoms with Gasteiger partial charge in [0.25, 0.3) is 5.91 Å². The summed E-state index contributed by atoms with van der Waals surface area (Å²) in [6, 6.07) is 5.55. The van der Waals surface area contributed by atoms with Crippen LogP contribution >= 0.6 is 0 Å². The van der Waals surface area contributed by atoms with E-state index in [4.69, 9.17) is 0 Å². The molecule has 6 heteroatoms. The lowest BCUT2D eigenvalue weighted by Gasteiger charge is -2.17. The van der Waals surface area contributed by atoms with E-state index in [1.54, 1.807) is 12.1 Å². The fourth-order valence-electron chi connectivity index (χ4n) is 3.57. The summed E-state index contributed by atoms with van der Waals surface area (Å²) < 4.78 is 1.83. The zero-order valence-electron chi connectivity index (χ0n) is 14.9. The van der Waals surface area contributed by atoms with E-state index >= 15 is 0 Å². The molecule has 1 fully saturated rings. The van der Waals surface area contributed by atoms with Crippen LogP contribution in [0.25, 0.3) is 11.0 Å². The summed E-state index contributed by atoms with van der Waals surface area (Å²) in [6.45, 7) is 4.19. The predicted molar refractivity (Wildman–Crippen MR) is 97.9 cm³/mol. The molecule has 1 aliphatic rings. The number of benzene rings is 1. The zero-order valence-corrected chi connectivity index (χ0v) is 14.9. The first-order valence-electron chi connectivity index (χ1n) is 9.21. The van der Waals surface area contributed by atoms with E-state index in [2.05, 4.69) is 10.3 Å². The Morgan fingerprint density at radius 1 is 1.40 bits per heavy atom. The molecule has 0 saturated heterocycles. The molecule has 1 heterocycles. The number of imidazole rings is 1. The van der Waals surface area contributed by atoms with Gasteiger partial charge in [-0.15, -0.1) is 0 Å². The molecule has 3 N–H and O–H groups in total. The van der Waals surface area contributed by atoms with Gasteiger partial charge >= 0.3 is 5.69 Å². The van der Waals surface area contributed by atoms with Crippen LogP contribution in [0.4, 0.5) is 0 Å². The molecule has 1 aromatic heterocycles. The maximum absolute atomic E-state index is 12.3. The summed E-state index contributed by atoms with van der Waals surface area (Å²) in [7, 11) is 0. The molecule has 0 radical (unpaired) electrons. The van der Waals surface area contributed by atoms with E-state index in [1.165, 1.54) is 0 Å². The number of carbonyl (C=O) groups is 1. The molecule has 2 atom stereocenters. The normalized spacial score (nSPS) is 17.7. The number of nitrogens with one attached hydrogen (secondary N) is 2. The van der Waals surface area contributed by atoms with Crippen molar-refractivity contribution in [3.63, 3.8) is 0 Å². The second kappa shape index (κ2) is 7.44. The Kier molecular flexibility index (Phi) is 5.27. The largest absolute Gasteiger partial charge is 0.391 e. The van der Waals surface area contributed by atoms with Crippen LogP contribution in [-0.4, -0.2) is 33.2 Å². The molecule has 3 rings (SSSR count). The highest BCUT2D eigenvalue weighted by Gasteiger charge is 2.21. The molecule has 136 valence electrons. The minimum absolute atomic E-state index is 0.105. The van der Waals surface area contributed by atoms with Crippen molar-refractivity contribution in [3.8, 4) is 0 Å². The lowest BCUT2D eigenvalue weighted by atomic mass is 10.0. The van der Waals surface area contributed by atoms with Crippen LogP contribution in [0.2, 0.25) is 0 Å². The quantitative estimate of drug-likeness (QED) is 0.752. The lowest BCUT2D eigenvalue weighted by molar-refractivity contribution is 0.0850. The highest BCUT2D eigenvalue weighted by atomic mass is 16.3. The highest BCUT2D eigenvalue weighted by Crippen LogP contribution is 2.30. The van der Waals surface area contributed by atoms with Crippen LogP contribution in [0.1, 0.15) is 62.4 Å². The van der Waals surface area contributed by atoms with E-state index in [1.807, 2.05) is 24.5 Å². The topological polar surface area (TPSA) is 87.1 Å². The molecular formula is C19H27N3O3. The summed E-state index contributed by atoms with van der Waals surface area (Å²) in [5.41, 5.74) is 1.93. The number of hydrogen-bond donors (Lipinski definition) is 3. The molecule has 1 aliphatic carbocycles. The number of fused-ring (bicyclic) bond motifs is 1. The van der Waals surface area contributed by atoms with Crippen molar-refractivity contribution in [1.82, 2.24) is 14.9 Å². The first-order chi connectivity index (χ1) is 12.0. The third-order valence-corrected chi connectivity index (χ3v) is 5.44. The van der Waals surface area contributed by atoms with Gasteiger partial charge in [-0.3, -0.25) is 9.36 Å². The molecule has 1 saturated carbocycles. The molecule has 25 heavy (non-hydrogen) atoms. The average Bonchev–Trinajstić information content (AvgIpc) is 3.24. The van der Waals surface area contributed by atoms with E-state index in [9.17, 15) is 14.7 Å². The summed E-state index contributed by atoms with van der Waals surface area (Å²) in [5.74, 6) is -0.0988. The molecule has 2 unspecified atom stereocenters. The third-order valence-electron chi connectivity index (χ3n) is 5.44. The molecule has 0 spiro atoms. The Bertz CT molecular complexity index is 802. The van der Waals surface area contributed by atoms with Crippen LogP contribution < -0.4 is 11.0 Å². The molecule has 1 amide bonds. The molecule has 6 nitrogen and oxygen atoms in total. The SMILES string of the molecule is CCC(C)C(O)CNC(=O)c1ccc2c(c1)[nH]c(=O)n2C1CCCC1. The predicted octanol–water partition coefficient (Wildman–Crippen LogP) is 2.58. The Morgan fingerprint density at radius 2 is 2.12 bits per heavy atom. The van der Waals surface area contributed by atoms with Gasteiger partial charge in [0.1, 0.15) is 0 Å². The Balaban J connectivity index is 1.77. The molecule has 0 bridgehead atoms. The van der Waals surface area contributed by atoms with E-state index in [0.717, 1.165) is 37.6 Å². The van der Waals surface area contributed by atoms with Gasteiger partial charge in [-0.05, 0) is 37.0 Å².